The Hall–Kier alpha value is -1.56. The summed E-state index contributed by atoms with van der Waals surface area (Å²) in [6, 6.07) is 2.90. The van der Waals surface area contributed by atoms with E-state index >= 15 is 0 Å². The molecule has 0 heterocycles. The molecule has 1 N–H and O–H groups in total. The highest BCUT2D eigenvalue weighted by Gasteiger charge is 2.21. The predicted molar refractivity (Wildman–Crippen MR) is 68.4 cm³/mol. The molecule has 0 bridgehead atoms. The van der Waals surface area contributed by atoms with Crippen LogP contribution in [-0.4, -0.2) is 30.1 Å². The van der Waals surface area contributed by atoms with Gasteiger partial charge in [0.2, 0.25) is 0 Å². The standard InChI is InChI=1S/C12H13BrO5/c1-3-17-9-5-7(11(14)12(15)16)8(13)6-10(9)18-4-2/h5-6H,3-4H2,1-2H3,(H,15,16). The molecule has 0 aromatic heterocycles. The van der Waals surface area contributed by atoms with E-state index in [9.17, 15) is 9.59 Å². The van der Waals surface area contributed by atoms with Crippen LogP contribution in [-0.2, 0) is 4.79 Å². The lowest BCUT2D eigenvalue weighted by molar-refractivity contribution is -0.131. The Kier molecular flexibility index (Phi) is 5.15. The second kappa shape index (κ2) is 6.39. The number of rotatable bonds is 6. The average molecular weight is 317 g/mol. The summed E-state index contributed by atoms with van der Waals surface area (Å²) >= 11 is 3.15. The molecular formula is C12H13BrO5. The van der Waals surface area contributed by atoms with Gasteiger partial charge in [-0.2, -0.15) is 0 Å². The number of carbonyl (C=O) groups is 2. The van der Waals surface area contributed by atoms with Crippen molar-refractivity contribution < 1.29 is 24.2 Å². The Bertz CT molecular complexity index is 470. The van der Waals surface area contributed by atoms with Crippen LogP contribution in [0.2, 0.25) is 0 Å². The normalized spacial score (nSPS) is 9.94. The number of halogens is 1. The van der Waals surface area contributed by atoms with Crippen molar-refractivity contribution in [3.63, 3.8) is 0 Å². The molecule has 0 radical (unpaired) electrons. The highest BCUT2D eigenvalue weighted by atomic mass is 79.9. The largest absolute Gasteiger partial charge is 0.490 e. The van der Waals surface area contributed by atoms with Crippen molar-refractivity contribution in [3.05, 3.63) is 22.2 Å². The number of ketones is 1. The van der Waals surface area contributed by atoms with Crippen molar-refractivity contribution in [2.45, 2.75) is 13.8 Å². The van der Waals surface area contributed by atoms with Gasteiger partial charge in [-0.25, -0.2) is 4.79 Å². The lowest BCUT2D eigenvalue weighted by atomic mass is 10.1. The molecule has 1 rings (SSSR count). The summed E-state index contributed by atoms with van der Waals surface area (Å²) in [7, 11) is 0. The molecule has 18 heavy (non-hydrogen) atoms. The molecule has 1 aromatic carbocycles. The Morgan fingerprint density at radius 3 is 2.11 bits per heavy atom. The van der Waals surface area contributed by atoms with Crippen LogP contribution in [0.1, 0.15) is 24.2 Å². The number of carboxylic acid groups (broad SMARTS) is 1. The summed E-state index contributed by atoms with van der Waals surface area (Å²) in [5.74, 6) is -1.69. The third-order valence-corrected chi connectivity index (χ3v) is 2.73. The second-order valence-corrected chi connectivity index (χ2v) is 4.13. The molecule has 0 aliphatic rings. The third-order valence-electron chi connectivity index (χ3n) is 2.07. The van der Waals surface area contributed by atoms with Gasteiger partial charge >= 0.3 is 5.97 Å². The van der Waals surface area contributed by atoms with E-state index in [0.29, 0.717) is 29.2 Å². The highest BCUT2D eigenvalue weighted by molar-refractivity contribution is 9.10. The summed E-state index contributed by atoms with van der Waals surface area (Å²) < 4.78 is 11.0. The molecule has 0 unspecified atom stereocenters. The Morgan fingerprint density at radius 1 is 1.17 bits per heavy atom. The number of carboxylic acids is 1. The van der Waals surface area contributed by atoms with Gasteiger partial charge in [-0.3, -0.25) is 4.79 Å². The molecule has 0 saturated heterocycles. The van der Waals surface area contributed by atoms with Gasteiger partial charge in [-0.05, 0) is 41.9 Å². The summed E-state index contributed by atoms with van der Waals surface area (Å²) in [4.78, 5) is 22.2. The van der Waals surface area contributed by atoms with Crippen LogP contribution in [0.4, 0.5) is 0 Å². The number of aliphatic carboxylic acids is 1. The van der Waals surface area contributed by atoms with Crippen LogP contribution < -0.4 is 9.47 Å². The molecule has 0 spiro atoms. The lowest BCUT2D eigenvalue weighted by Gasteiger charge is -2.12. The molecule has 0 amide bonds. The van der Waals surface area contributed by atoms with Crippen molar-refractivity contribution >= 4 is 27.7 Å². The van der Waals surface area contributed by atoms with Crippen molar-refractivity contribution in [1.82, 2.24) is 0 Å². The van der Waals surface area contributed by atoms with Gasteiger partial charge in [0.05, 0.1) is 13.2 Å². The van der Waals surface area contributed by atoms with Crippen LogP contribution in [0, 0.1) is 0 Å². The van der Waals surface area contributed by atoms with E-state index in [1.165, 1.54) is 12.1 Å². The van der Waals surface area contributed by atoms with Gasteiger partial charge < -0.3 is 14.6 Å². The Labute approximate surface area is 113 Å². The summed E-state index contributed by atoms with van der Waals surface area (Å²) in [5.41, 5.74) is 0.0365. The monoisotopic (exact) mass is 316 g/mol. The molecular weight excluding hydrogens is 304 g/mol. The highest BCUT2D eigenvalue weighted by Crippen LogP contribution is 2.34. The van der Waals surface area contributed by atoms with E-state index in [1.807, 2.05) is 6.92 Å². The van der Waals surface area contributed by atoms with Crippen LogP contribution in [0.5, 0.6) is 11.5 Å². The van der Waals surface area contributed by atoms with E-state index in [1.54, 1.807) is 6.92 Å². The molecule has 0 aliphatic carbocycles. The molecule has 0 atom stereocenters. The van der Waals surface area contributed by atoms with Crippen molar-refractivity contribution in [2.75, 3.05) is 13.2 Å². The predicted octanol–water partition coefficient (Wildman–Crippen LogP) is 2.51. The first-order valence-electron chi connectivity index (χ1n) is 5.38. The maximum absolute atomic E-state index is 11.5. The number of carbonyl (C=O) groups excluding carboxylic acids is 1. The van der Waals surface area contributed by atoms with Gasteiger partial charge in [0.25, 0.3) is 5.78 Å². The van der Waals surface area contributed by atoms with E-state index in [4.69, 9.17) is 14.6 Å². The number of ether oxygens (including phenoxy) is 2. The van der Waals surface area contributed by atoms with Gasteiger partial charge in [0.1, 0.15) is 0 Å². The molecule has 0 fully saturated rings. The Morgan fingerprint density at radius 2 is 1.67 bits per heavy atom. The maximum atomic E-state index is 11.5. The molecule has 1 aromatic rings. The first-order chi connectivity index (χ1) is 8.51. The fourth-order valence-corrected chi connectivity index (χ4v) is 1.86. The third kappa shape index (κ3) is 3.22. The van der Waals surface area contributed by atoms with Crippen molar-refractivity contribution in [2.24, 2.45) is 0 Å². The summed E-state index contributed by atoms with van der Waals surface area (Å²) in [6.45, 7) is 4.44. The minimum atomic E-state index is -1.51. The molecule has 0 saturated carbocycles. The number of hydrogen-bond acceptors (Lipinski definition) is 4. The first-order valence-corrected chi connectivity index (χ1v) is 6.17. The van der Waals surface area contributed by atoms with Crippen molar-refractivity contribution in [3.8, 4) is 11.5 Å². The fraction of sp³-hybridized carbons (Fsp3) is 0.333. The van der Waals surface area contributed by atoms with Crippen molar-refractivity contribution in [1.29, 1.82) is 0 Å². The molecule has 98 valence electrons. The summed E-state index contributed by atoms with van der Waals surface area (Å²) in [5, 5.41) is 8.71. The van der Waals surface area contributed by atoms with Crippen LogP contribution in [0.25, 0.3) is 0 Å². The second-order valence-electron chi connectivity index (χ2n) is 3.28. The van der Waals surface area contributed by atoms with Crippen LogP contribution in [0.3, 0.4) is 0 Å². The van der Waals surface area contributed by atoms with E-state index in [-0.39, 0.29) is 5.56 Å². The zero-order valence-electron chi connectivity index (χ0n) is 10.0. The zero-order valence-corrected chi connectivity index (χ0v) is 11.6. The number of hydrogen-bond donors (Lipinski definition) is 1. The Balaban J connectivity index is 3.26. The van der Waals surface area contributed by atoms with E-state index < -0.39 is 11.8 Å². The minimum absolute atomic E-state index is 0.0365. The van der Waals surface area contributed by atoms with E-state index in [2.05, 4.69) is 15.9 Å². The molecule has 6 heteroatoms. The minimum Gasteiger partial charge on any atom is -0.490 e. The van der Waals surface area contributed by atoms with Gasteiger partial charge in [0, 0.05) is 10.0 Å². The van der Waals surface area contributed by atoms with Crippen LogP contribution >= 0.6 is 15.9 Å². The number of benzene rings is 1. The average Bonchev–Trinajstić information content (AvgIpc) is 2.32. The summed E-state index contributed by atoms with van der Waals surface area (Å²) in [6.07, 6.45) is 0. The van der Waals surface area contributed by atoms with E-state index in [0.717, 1.165) is 0 Å². The maximum Gasteiger partial charge on any atom is 0.377 e. The number of Topliss-reactive ketones (excluding diaryl/α,β-unsaturated/α-hetero) is 1. The molecule has 5 nitrogen and oxygen atoms in total. The van der Waals surface area contributed by atoms with Crippen LogP contribution in [0.15, 0.2) is 16.6 Å². The SMILES string of the molecule is CCOc1cc(Br)c(C(=O)C(=O)O)cc1OCC. The smallest absolute Gasteiger partial charge is 0.377 e. The first kappa shape index (κ1) is 14.5. The van der Waals surface area contributed by atoms with Gasteiger partial charge in [0.15, 0.2) is 11.5 Å². The molecule has 0 aliphatic heterocycles. The zero-order chi connectivity index (χ0) is 13.7. The van der Waals surface area contributed by atoms with Gasteiger partial charge in [-0.15, -0.1) is 0 Å². The quantitative estimate of drug-likeness (QED) is 0.645. The lowest BCUT2D eigenvalue weighted by Crippen LogP contribution is -2.14. The fourth-order valence-electron chi connectivity index (χ4n) is 1.36. The topological polar surface area (TPSA) is 72.8 Å². The van der Waals surface area contributed by atoms with Gasteiger partial charge in [-0.1, -0.05) is 0 Å².